The first kappa shape index (κ1) is 22.9. The van der Waals surface area contributed by atoms with Crippen LogP contribution in [0, 0.1) is 0 Å². The maximum absolute atomic E-state index is 12.9. The lowest BCUT2D eigenvalue weighted by molar-refractivity contribution is -0.115. The molecule has 0 radical (unpaired) electrons. The number of aromatic nitrogens is 1. The summed E-state index contributed by atoms with van der Waals surface area (Å²) in [5, 5.41) is 5.90. The van der Waals surface area contributed by atoms with Crippen LogP contribution in [0.4, 0.5) is 5.00 Å². The lowest BCUT2D eigenvalue weighted by atomic mass is 10.0. The number of carbonyl (C=O) groups is 1. The highest BCUT2D eigenvalue weighted by atomic mass is 35.5. The molecule has 0 saturated carbocycles. The van der Waals surface area contributed by atoms with Crippen molar-refractivity contribution in [2.45, 2.75) is 31.2 Å². The maximum atomic E-state index is 12.9. The van der Waals surface area contributed by atoms with Crippen molar-refractivity contribution in [3.63, 3.8) is 0 Å². The van der Waals surface area contributed by atoms with Gasteiger partial charge in [-0.25, -0.2) is 4.98 Å². The first-order valence-electron chi connectivity index (χ1n) is 11.0. The molecule has 170 valence electrons. The van der Waals surface area contributed by atoms with E-state index in [4.69, 9.17) is 16.6 Å². The van der Waals surface area contributed by atoms with Crippen molar-refractivity contribution in [3.8, 4) is 10.6 Å². The number of benzene rings is 2. The van der Waals surface area contributed by atoms with E-state index in [9.17, 15) is 4.79 Å². The largest absolute Gasteiger partial charge is 0.317 e. The zero-order valence-electron chi connectivity index (χ0n) is 18.3. The van der Waals surface area contributed by atoms with Crippen LogP contribution in [0.25, 0.3) is 20.8 Å². The first-order chi connectivity index (χ1) is 16.1. The van der Waals surface area contributed by atoms with Gasteiger partial charge in [0.05, 0.1) is 10.2 Å². The summed E-state index contributed by atoms with van der Waals surface area (Å²) in [7, 11) is 0. The fraction of sp³-hybridized carbons (Fsp3) is 0.280. The number of thioether (sulfide) groups is 1. The molecule has 3 heterocycles. The minimum absolute atomic E-state index is 0.0461. The fourth-order valence-electron chi connectivity index (χ4n) is 4.00. The predicted molar refractivity (Wildman–Crippen MR) is 143 cm³/mol. The molecule has 2 aromatic heterocycles. The van der Waals surface area contributed by atoms with Crippen molar-refractivity contribution < 1.29 is 4.79 Å². The number of halogens is 1. The summed E-state index contributed by atoms with van der Waals surface area (Å²) >= 11 is 11.1. The molecule has 1 amide bonds. The zero-order valence-corrected chi connectivity index (χ0v) is 21.5. The molecule has 1 aliphatic rings. The Hall–Kier alpha value is -1.90. The normalized spacial score (nSPS) is 13.9. The molecule has 33 heavy (non-hydrogen) atoms. The number of carbonyl (C=O) groups excluding carboxylic acids is 1. The number of hydrogen-bond acceptors (Lipinski definition) is 6. The second kappa shape index (κ2) is 10.2. The number of fused-ring (bicyclic) bond motifs is 2. The topological polar surface area (TPSA) is 45.2 Å². The number of amides is 1. The highest BCUT2D eigenvalue weighted by Gasteiger charge is 2.27. The summed E-state index contributed by atoms with van der Waals surface area (Å²) in [6.45, 7) is 5.23. The van der Waals surface area contributed by atoms with Gasteiger partial charge in [-0.3, -0.25) is 9.69 Å². The summed E-state index contributed by atoms with van der Waals surface area (Å²) in [5.41, 5.74) is 3.50. The van der Waals surface area contributed by atoms with Gasteiger partial charge >= 0.3 is 0 Å². The average molecular weight is 514 g/mol. The molecule has 0 atom stereocenters. The molecular formula is C25H24ClN3OS3. The van der Waals surface area contributed by atoms with Crippen molar-refractivity contribution in [1.82, 2.24) is 9.88 Å². The maximum Gasteiger partial charge on any atom is 0.225 e. The second-order valence-corrected chi connectivity index (χ2v) is 11.7. The minimum atomic E-state index is 0.0461. The molecule has 0 bridgehead atoms. The SMILES string of the molecule is CCN1CCc2c(sc(NC(=O)CCSc3ccc(Cl)cc3)c2-c2nc3ccccc3s2)C1. The number of nitrogens with one attached hydrogen (secondary N) is 1. The molecule has 0 spiro atoms. The Balaban J connectivity index is 1.37. The molecule has 0 saturated heterocycles. The van der Waals surface area contributed by atoms with Gasteiger partial charge in [-0.05, 0) is 54.9 Å². The van der Waals surface area contributed by atoms with Crippen LogP contribution in [0.3, 0.4) is 0 Å². The Morgan fingerprint density at radius 2 is 2.00 bits per heavy atom. The van der Waals surface area contributed by atoms with E-state index in [1.807, 2.05) is 36.4 Å². The summed E-state index contributed by atoms with van der Waals surface area (Å²) in [5.74, 6) is 0.767. The highest BCUT2D eigenvalue weighted by Crippen LogP contribution is 2.45. The van der Waals surface area contributed by atoms with Gasteiger partial charge in [0.1, 0.15) is 10.0 Å². The lowest BCUT2D eigenvalue weighted by Crippen LogP contribution is -2.29. The molecule has 0 aliphatic carbocycles. The van der Waals surface area contributed by atoms with Crippen LogP contribution >= 0.6 is 46.0 Å². The Morgan fingerprint density at radius 3 is 2.79 bits per heavy atom. The van der Waals surface area contributed by atoms with Gasteiger partial charge in [0, 0.05) is 45.6 Å². The van der Waals surface area contributed by atoms with E-state index in [2.05, 4.69) is 29.3 Å². The zero-order chi connectivity index (χ0) is 22.8. The van der Waals surface area contributed by atoms with Crippen molar-refractivity contribution in [2.75, 3.05) is 24.2 Å². The third kappa shape index (κ3) is 5.12. The summed E-state index contributed by atoms with van der Waals surface area (Å²) in [6, 6.07) is 16.0. The molecular weight excluding hydrogens is 490 g/mol. The van der Waals surface area contributed by atoms with E-state index in [1.165, 1.54) is 15.1 Å². The van der Waals surface area contributed by atoms with Crippen LogP contribution in [-0.4, -0.2) is 34.6 Å². The molecule has 8 heteroatoms. The number of thiophene rings is 1. The number of likely N-dealkylation sites (N-methyl/N-ethyl adjacent to an activating group) is 1. The molecule has 1 N–H and O–H groups in total. The van der Waals surface area contributed by atoms with E-state index in [-0.39, 0.29) is 5.91 Å². The lowest BCUT2D eigenvalue weighted by Gasteiger charge is -2.25. The number of thiazole rings is 1. The van der Waals surface area contributed by atoms with Gasteiger partial charge in [-0.1, -0.05) is 30.7 Å². The Labute approximate surface area is 211 Å². The smallest absolute Gasteiger partial charge is 0.225 e. The third-order valence-electron chi connectivity index (χ3n) is 5.76. The van der Waals surface area contributed by atoms with Crippen LogP contribution in [0.2, 0.25) is 5.02 Å². The van der Waals surface area contributed by atoms with Gasteiger partial charge in [0.2, 0.25) is 5.91 Å². The van der Waals surface area contributed by atoms with Crippen LogP contribution in [0.5, 0.6) is 0 Å². The number of para-hydroxylation sites is 1. The monoisotopic (exact) mass is 513 g/mol. The van der Waals surface area contributed by atoms with Crippen molar-refractivity contribution in [3.05, 3.63) is 64.0 Å². The number of rotatable bonds is 7. The highest BCUT2D eigenvalue weighted by molar-refractivity contribution is 7.99. The molecule has 4 nitrogen and oxygen atoms in total. The molecule has 2 aromatic carbocycles. The van der Waals surface area contributed by atoms with Gasteiger partial charge in [-0.2, -0.15) is 0 Å². The summed E-state index contributed by atoms with van der Waals surface area (Å²) < 4.78 is 1.18. The van der Waals surface area contributed by atoms with Gasteiger partial charge < -0.3 is 5.32 Å². The Bertz CT molecular complexity index is 1250. The fourth-order valence-corrected chi connectivity index (χ4v) is 7.40. The van der Waals surface area contributed by atoms with Crippen molar-refractivity contribution in [2.24, 2.45) is 0 Å². The number of nitrogens with zero attached hydrogens (tertiary/aromatic N) is 2. The molecule has 4 aromatic rings. The summed E-state index contributed by atoms with van der Waals surface area (Å²) in [6.07, 6.45) is 1.45. The van der Waals surface area contributed by atoms with Gasteiger partial charge in [0.15, 0.2) is 0 Å². The van der Waals surface area contributed by atoms with Crippen LogP contribution in [-0.2, 0) is 17.8 Å². The third-order valence-corrected chi connectivity index (χ3v) is 9.21. The van der Waals surface area contributed by atoms with Crippen LogP contribution < -0.4 is 5.32 Å². The van der Waals surface area contributed by atoms with E-state index < -0.39 is 0 Å². The Kier molecular flexibility index (Phi) is 7.04. The molecule has 1 aliphatic heterocycles. The number of hydrogen-bond donors (Lipinski definition) is 1. The average Bonchev–Trinajstić information content (AvgIpc) is 3.40. The van der Waals surface area contributed by atoms with Crippen molar-refractivity contribution in [1.29, 1.82) is 0 Å². The van der Waals surface area contributed by atoms with Crippen molar-refractivity contribution >= 4 is 67.2 Å². The first-order valence-corrected chi connectivity index (χ1v) is 14.0. The summed E-state index contributed by atoms with van der Waals surface area (Å²) in [4.78, 5) is 22.7. The number of anilines is 1. The van der Waals surface area contributed by atoms with Crippen LogP contribution in [0.1, 0.15) is 23.8 Å². The van der Waals surface area contributed by atoms with E-state index in [0.29, 0.717) is 6.42 Å². The standard InChI is InChI=1S/C25H24ClN3OS3/c1-2-29-13-11-18-21(15-29)33-25(23(18)24-27-19-5-3-4-6-20(19)32-24)28-22(30)12-14-31-17-9-7-16(26)8-10-17/h3-10H,2,11-15H2,1H3,(H,28,30). The Morgan fingerprint density at radius 1 is 1.18 bits per heavy atom. The van der Waals surface area contributed by atoms with E-state index in [1.54, 1.807) is 34.4 Å². The molecule has 0 unspecified atom stereocenters. The van der Waals surface area contributed by atoms with Crippen LogP contribution in [0.15, 0.2) is 53.4 Å². The molecule has 0 fully saturated rings. The molecule has 5 rings (SSSR count). The quantitative estimate of drug-likeness (QED) is 0.266. The minimum Gasteiger partial charge on any atom is -0.317 e. The van der Waals surface area contributed by atoms with E-state index >= 15 is 0 Å². The second-order valence-electron chi connectivity index (χ2n) is 7.91. The predicted octanol–water partition coefficient (Wildman–Crippen LogP) is 7.18. The van der Waals surface area contributed by atoms with Gasteiger partial charge in [0.25, 0.3) is 0 Å². The van der Waals surface area contributed by atoms with E-state index in [0.717, 1.165) is 62.8 Å². The van der Waals surface area contributed by atoms with Gasteiger partial charge in [-0.15, -0.1) is 34.4 Å².